The fraction of sp³-hybridized carbons (Fsp3) is 0.323. The highest BCUT2D eigenvalue weighted by molar-refractivity contribution is 7.98. The van der Waals surface area contributed by atoms with E-state index in [-0.39, 0.29) is 23.7 Å². The number of Topliss-reactive ketones (excluding diaryl/α,β-unsaturated/α-hetero) is 1. The lowest BCUT2D eigenvalue weighted by Crippen LogP contribution is -2.51. The standard InChI is InChI=1S/C31H30ClFN6O2S/c1-37-18-29(35-19-37)42(2,41)39(25-9-10-25)26-6-3-21-13-28-20(17-36-38(28)24-7-4-23(33)5-8-24)15-31(21,16-26)30(40)27-14-22(32)11-12-34-27/h4-5,7-8,11-14,17-19,25-26H,2-3,6,9-10,15-16H2,1H3/t26-,31-,42?/m0/s1. The van der Waals surface area contributed by atoms with Crippen molar-refractivity contribution in [3.8, 4) is 5.69 Å². The molecule has 42 heavy (non-hydrogen) atoms. The molecule has 8 nitrogen and oxygen atoms in total. The fourth-order valence-electron chi connectivity index (χ4n) is 6.63. The van der Waals surface area contributed by atoms with Crippen LogP contribution in [0.25, 0.3) is 11.8 Å². The summed E-state index contributed by atoms with van der Waals surface area (Å²) >= 11 is 6.31. The van der Waals surface area contributed by atoms with Crippen LogP contribution in [0.4, 0.5) is 4.39 Å². The van der Waals surface area contributed by atoms with Gasteiger partial charge in [0.2, 0.25) is 0 Å². The summed E-state index contributed by atoms with van der Waals surface area (Å²) in [6.45, 7) is 0. The number of pyridine rings is 1. The summed E-state index contributed by atoms with van der Waals surface area (Å²) in [7, 11) is -1.04. The maximum Gasteiger partial charge on any atom is 0.191 e. The van der Waals surface area contributed by atoms with Gasteiger partial charge in [0, 0.05) is 36.5 Å². The number of aryl methyl sites for hydroxylation is 1. The second-order valence-corrected chi connectivity index (χ2v) is 14.1. The molecule has 4 aromatic rings. The molecule has 3 aliphatic carbocycles. The van der Waals surface area contributed by atoms with Gasteiger partial charge in [-0.2, -0.15) is 5.10 Å². The van der Waals surface area contributed by atoms with Gasteiger partial charge in [0.25, 0.3) is 0 Å². The van der Waals surface area contributed by atoms with Gasteiger partial charge >= 0.3 is 0 Å². The molecule has 3 atom stereocenters. The topological polar surface area (TPSA) is 85.9 Å². The first-order valence-electron chi connectivity index (χ1n) is 14.0. The van der Waals surface area contributed by atoms with Crippen LogP contribution >= 0.6 is 11.6 Å². The summed E-state index contributed by atoms with van der Waals surface area (Å²) in [5.41, 5.74) is 2.91. The quantitative estimate of drug-likeness (QED) is 0.211. The number of hydrogen-bond acceptors (Lipinski definition) is 5. The zero-order valence-corrected chi connectivity index (χ0v) is 24.7. The number of aromatic nitrogens is 5. The Morgan fingerprint density at radius 2 is 1.95 bits per heavy atom. The summed E-state index contributed by atoms with van der Waals surface area (Å²) < 4.78 is 33.7. The Bertz CT molecular complexity index is 1840. The van der Waals surface area contributed by atoms with Crippen molar-refractivity contribution in [2.24, 2.45) is 12.5 Å². The second-order valence-electron chi connectivity index (χ2n) is 11.6. The van der Waals surface area contributed by atoms with Crippen LogP contribution in [-0.2, 0) is 23.2 Å². The normalized spacial score (nSPS) is 23.1. The summed E-state index contributed by atoms with van der Waals surface area (Å²) in [5.74, 6) is 3.80. The lowest BCUT2D eigenvalue weighted by Gasteiger charge is -2.47. The van der Waals surface area contributed by atoms with Gasteiger partial charge < -0.3 is 4.57 Å². The molecule has 0 amide bonds. The van der Waals surface area contributed by atoms with Crippen molar-refractivity contribution in [2.75, 3.05) is 0 Å². The van der Waals surface area contributed by atoms with Gasteiger partial charge in [0.15, 0.2) is 10.8 Å². The number of carbonyl (C=O) groups is 1. The van der Waals surface area contributed by atoms with Gasteiger partial charge in [-0.05, 0) is 92.4 Å². The number of rotatable bonds is 7. The highest BCUT2D eigenvalue weighted by Gasteiger charge is 2.53. The third kappa shape index (κ3) is 4.53. The number of hydrogen-bond donors (Lipinski definition) is 0. The molecule has 7 rings (SSSR count). The Morgan fingerprint density at radius 3 is 2.64 bits per heavy atom. The number of halogens is 2. The minimum absolute atomic E-state index is 0.106. The van der Waals surface area contributed by atoms with Crippen molar-refractivity contribution < 1.29 is 13.4 Å². The molecule has 11 heteroatoms. The first kappa shape index (κ1) is 27.2. The molecule has 216 valence electrons. The Balaban J connectivity index is 1.32. The minimum Gasteiger partial charge on any atom is -0.339 e. The SMILES string of the molecule is C=S(=O)(c1cn(C)cn1)N(C1CC1)[C@H]1CCC2=Cc3c(cnn3-c3ccc(F)cc3)C[C@]2(C(=O)c2cc(Cl)ccn2)C1. The molecule has 1 aromatic carbocycles. The Kier molecular flexibility index (Phi) is 6.49. The molecule has 3 aliphatic rings. The van der Waals surface area contributed by atoms with E-state index in [1.54, 1.807) is 58.4 Å². The van der Waals surface area contributed by atoms with E-state index in [9.17, 15) is 13.4 Å². The number of carbonyl (C=O) groups excluding carboxylic acids is 1. The molecule has 0 N–H and O–H groups in total. The molecule has 1 unspecified atom stereocenters. The molecular formula is C31H30ClFN6O2S. The number of nitrogens with zero attached hydrogens (tertiary/aromatic N) is 6. The molecule has 0 bridgehead atoms. The zero-order valence-electron chi connectivity index (χ0n) is 23.1. The average Bonchev–Trinajstić information content (AvgIpc) is 3.55. The second kappa shape index (κ2) is 10.00. The van der Waals surface area contributed by atoms with Crippen LogP contribution in [-0.4, -0.2) is 56.6 Å². The van der Waals surface area contributed by atoms with Crippen molar-refractivity contribution in [3.63, 3.8) is 0 Å². The molecular weight excluding hydrogens is 575 g/mol. The van der Waals surface area contributed by atoms with E-state index in [1.165, 1.54) is 12.1 Å². The number of benzene rings is 1. The Hall–Kier alpha value is -3.60. The Labute approximate surface area is 249 Å². The first-order valence-corrected chi connectivity index (χ1v) is 16.1. The number of imidazole rings is 1. The number of allylic oxidation sites excluding steroid dienone is 1. The van der Waals surface area contributed by atoms with E-state index in [1.807, 2.05) is 7.05 Å². The zero-order chi connectivity index (χ0) is 29.2. The molecule has 0 spiro atoms. The van der Waals surface area contributed by atoms with Gasteiger partial charge in [-0.15, -0.1) is 0 Å². The molecule has 0 radical (unpaired) electrons. The van der Waals surface area contributed by atoms with Crippen molar-refractivity contribution in [1.29, 1.82) is 0 Å². The molecule has 2 saturated carbocycles. The minimum atomic E-state index is -2.89. The maximum atomic E-state index is 14.6. The van der Waals surface area contributed by atoms with Crippen molar-refractivity contribution in [1.82, 2.24) is 28.6 Å². The third-order valence-corrected chi connectivity index (χ3v) is 11.1. The summed E-state index contributed by atoms with van der Waals surface area (Å²) in [6.07, 6.45) is 12.9. The van der Waals surface area contributed by atoms with Crippen molar-refractivity contribution in [2.45, 2.75) is 55.6 Å². The van der Waals surface area contributed by atoms with Crippen LogP contribution in [0.3, 0.4) is 0 Å². The molecule has 3 aromatic heterocycles. The monoisotopic (exact) mass is 604 g/mol. The number of ketones is 1. The van der Waals surface area contributed by atoms with Crippen LogP contribution in [0, 0.1) is 11.2 Å². The van der Waals surface area contributed by atoms with Gasteiger partial charge in [-0.3, -0.25) is 9.78 Å². The molecule has 3 heterocycles. The molecule has 2 fully saturated rings. The lowest BCUT2D eigenvalue weighted by molar-refractivity contribution is 0.0736. The average molecular weight is 605 g/mol. The highest BCUT2D eigenvalue weighted by Crippen LogP contribution is 2.52. The third-order valence-electron chi connectivity index (χ3n) is 8.71. The largest absolute Gasteiger partial charge is 0.339 e. The van der Waals surface area contributed by atoms with Crippen LogP contribution in [0.2, 0.25) is 5.02 Å². The van der Waals surface area contributed by atoms with E-state index in [4.69, 9.17) is 11.6 Å². The van der Waals surface area contributed by atoms with Gasteiger partial charge in [0.1, 0.15) is 11.5 Å². The van der Waals surface area contributed by atoms with E-state index in [2.05, 4.69) is 31.3 Å². The molecule has 0 aliphatic heterocycles. The highest BCUT2D eigenvalue weighted by atomic mass is 35.5. The summed E-state index contributed by atoms with van der Waals surface area (Å²) in [6, 6.07) is 9.45. The van der Waals surface area contributed by atoms with E-state index in [0.29, 0.717) is 35.0 Å². The molecule has 0 saturated heterocycles. The summed E-state index contributed by atoms with van der Waals surface area (Å²) in [5, 5.41) is 5.53. The van der Waals surface area contributed by atoms with Crippen molar-refractivity contribution >= 4 is 39.0 Å². The van der Waals surface area contributed by atoms with Gasteiger partial charge in [-0.1, -0.05) is 17.2 Å². The van der Waals surface area contributed by atoms with Crippen LogP contribution < -0.4 is 0 Å². The predicted molar refractivity (Wildman–Crippen MR) is 160 cm³/mol. The summed E-state index contributed by atoms with van der Waals surface area (Å²) in [4.78, 5) is 23.4. The number of fused-ring (bicyclic) bond motifs is 2. The van der Waals surface area contributed by atoms with Crippen molar-refractivity contribution in [3.05, 3.63) is 94.7 Å². The van der Waals surface area contributed by atoms with E-state index in [0.717, 1.165) is 41.8 Å². The van der Waals surface area contributed by atoms with Crippen LogP contribution in [0.1, 0.15) is 53.8 Å². The van der Waals surface area contributed by atoms with E-state index < -0.39 is 15.1 Å². The maximum absolute atomic E-state index is 14.6. The predicted octanol–water partition coefficient (Wildman–Crippen LogP) is 5.31. The van der Waals surface area contributed by atoms with Gasteiger partial charge in [0.05, 0.1) is 39.0 Å². The van der Waals surface area contributed by atoms with Crippen LogP contribution in [0.5, 0.6) is 0 Å². The Morgan fingerprint density at radius 1 is 1.17 bits per heavy atom. The van der Waals surface area contributed by atoms with Gasteiger partial charge in [-0.25, -0.2) is 22.6 Å². The lowest BCUT2D eigenvalue weighted by atomic mass is 9.60. The smallest absolute Gasteiger partial charge is 0.191 e. The van der Waals surface area contributed by atoms with E-state index >= 15 is 0 Å². The first-order chi connectivity index (χ1) is 20.2. The fourth-order valence-corrected chi connectivity index (χ4v) is 8.91. The van der Waals surface area contributed by atoms with Crippen LogP contribution in [0.15, 0.2) is 71.9 Å².